The number of nitrogens with one attached hydrogen (secondary N) is 1. The number of anilines is 1. The van der Waals surface area contributed by atoms with Crippen LogP contribution in [-0.2, 0) is 17.6 Å². The van der Waals surface area contributed by atoms with E-state index in [1.54, 1.807) is 6.20 Å². The van der Waals surface area contributed by atoms with Gasteiger partial charge in [-0.1, -0.05) is 36.4 Å². The average molecular weight is 443 g/mol. The first-order chi connectivity index (χ1) is 16.3. The predicted octanol–water partition coefficient (Wildman–Crippen LogP) is 3.46. The molecule has 1 saturated heterocycles. The number of hydrogen-bond acceptors (Lipinski definition) is 7. The van der Waals surface area contributed by atoms with Gasteiger partial charge in [0.2, 0.25) is 5.95 Å². The van der Waals surface area contributed by atoms with Crippen LogP contribution in [0.15, 0.2) is 60.9 Å². The largest absolute Gasteiger partial charge is 0.463 e. The number of para-hydroxylation sites is 1. The maximum Gasteiger partial charge on any atom is 0.321 e. The summed E-state index contributed by atoms with van der Waals surface area (Å²) in [4.78, 5) is 23.6. The zero-order valence-corrected chi connectivity index (χ0v) is 18.4. The van der Waals surface area contributed by atoms with Gasteiger partial charge >= 0.3 is 6.01 Å². The van der Waals surface area contributed by atoms with Crippen LogP contribution in [0.25, 0.3) is 17.0 Å². The van der Waals surface area contributed by atoms with Gasteiger partial charge in [0.25, 0.3) is 0 Å². The molecule has 0 aliphatic carbocycles. The standard InChI is InChI=1S/C25H26N6O2/c1-2-9-22-21(8-1)19(18-27-22)6-5-10-23-28-24(31-13-16-32-17-14-31)30-25(29-23)33-15-11-20-7-3-4-12-26-20/h1-9,12,18,27H,10-11,13-17H2/b6-5+. The number of allylic oxidation sites excluding steroid dienone is 1. The Hall–Kier alpha value is -3.78. The normalized spacial score (nSPS) is 14.2. The van der Waals surface area contributed by atoms with Gasteiger partial charge in [-0.3, -0.25) is 4.98 Å². The molecule has 0 unspecified atom stereocenters. The van der Waals surface area contributed by atoms with Gasteiger partial charge in [0.05, 0.1) is 19.8 Å². The van der Waals surface area contributed by atoms with E-state index in [1.807, 2.05) is 36.5 Å². The van der Waals surface area contributed by atoms with Gasteiger partial charge in [-0.25, -0.2) is 0 Å². The lowest BCUT2D eigenvalue weighted by Crippen LogP contribution is -2.37. The summed E-state index contributed by atoms with van der Waals surface area (Å²) in [7, 11) is 0. The highest BCUT2D eigenvalue weighted by Crippen LogP contribution is 2.20. The molecule has 0 atom stereocenters. The van der Waals surface area contributed by atoms with Crippen molar-refractivity contribution in [1.29, 1.82) is 0 Å². The molecule has 8 heteroatoms. The van der Waals surface area contributed by atoms with Crippen LogP contribution < -0.4 is 9.64 Å². The molecule has 4 aromatic rings. The van der Waals surface area contributed by atoms with Crippen molar-refractivity contribution in [1.82, 2.24) is 24.9 Å². The van der Waals surface area contributed by atoms with Crippen LogP contribution in [0.5, 0.6) is 6.01 Å². The molecule has 0 saturated carbocycles. The van der Waals surface area contributed by atoms with Gasteiger partial charge in [0.1, 0.15) is 5.82 Å². The molecule has 3 aromatic heterocycles. The topological polar surface area (TPSA) is 89.0 Å². The zero-order chi connectivity index (χ0) is 22.3. The number of nitrogens with zero attached hydrogens (tertiary/aromatic N) is 5. The summed E-state index contributed by atoms with van der Waals surface area (Å²) in [6.07, 6.45) is 9.24. The van der Waals surface area contributed by atoms with E-state index in [1.165, 1.54) is 5.39 Å². The smallest absolute Gasteiger partial charge is 0.321 e. The van der Waals surface area contributed by atoms with Gasteiger partial charge in [-0.05, 0) is 23.8 Å². The van der Waals surface area contributed by atoms with Crippen LogP contribution in [0.4, 0.5) is 5.95 Å². The highest BCUT2D eigenvalue weighted by molar-refractivity contribution is 5.88. The number of aromatic nitrogens is 5. The molecule has 33 heavy (non-hydrogen) atoms. The van der Waals surface area contributed by atoms with Crippen LogP contribution >= 0.6 is 0 Å². The second-order valence-corrected chi connectivity index (χ2v) is 7.75. The van der Waals surface area contributed by atoms with E-state index in [0.717, 1.165) is 29.9 Å². The lowest BCUT2D eigenvalue weighted by atomic mass is 10.1. The Morgan fingerprint density at radius 2 is 1.91 bits per heavy atom. The lowest BCUT2D eigenvalue weighted by molar-refractivity contribution is 0.122. The minimum Gasteiger partial charge on any atom is -0.463 e. The minimum atomic E-state index is 0.345. The van der Waals surface area contributed by atoms with Crippen molar-refractivity contribution in [3.8, 4) is 6.01 Å². The van der Waals surface area contributed by atoms with Crippen molar-refractivity contribution >= 4 is 22.9 Å². The Morgan fingerprint density at radius 3 is 2.79 bits per heavy atom. The third kappa shape index (κ3) is 5.35. The fourth-order valence-corrected chi connectivity index (χ4v) is 3.76. The number of benzene rings is 1. The Labute approximate surface area is 192 Å². The maximum atomic E-state index is 5.90. The maximum absolute atomic E-state index is 5.90. The van der Waals surface area contributed by atoms with Crippen molar-refractivity contribution in [3.05, 3.63) is 78.0 Å². The Kier molecular flexibility index (Phi) is 6.53. The van der Waals surface area contributed by atoms with Crippen molar-refractivity contribution < 1.29 is 9.47 Å². The van der Waals surface area contributed by atoms with E-state index in [0.29, 0.717) is 50.4 Å². The van der Waals surface area contributed by atoms with Gasteiger partial charge < -0.3 is 19.4 Å². The number of H-pyrrole nitrogens is 1. The molecule has 1 N–H and O–H groups in total. The molecule has 0 amide bonds. The van der Waals surface area contributed by atoms with Gasteiger partial charge in [0.15, 0.2) is 0 Å². The summed E-state index contributed by atoms with van der Waals surface area (Å²) < 4.78 is 11.4. The number of ether oxygens (including phenoxy) is 2. The molecule has 1 aliphatic heterocycles. The van der Waals surface area contributed by atoms with E-state index < -0.39 is 0 Å². The molecule has 8 nitrogen and oxygen atoms in total. The van der Waals surface area contributed by atoms with E-state index in [-0.39, 0.29) is 0 Å². The number of morpholine rings is 1. The predicted molar refractivity (Wildman–Crippen MR) is 127 cm³/mol. The van der Waals surface area contributed by atoms with Crippen LogP contribution in [0, 0.1) is 0 Å². The number of rotatable bonds is 8. The zero-order valence-electron chi connectivity index (χ0n) is 18.4. The number of pyridine rings is 1. The first-order valence-electron chi connectivity index (χ1n) is 11.2. The molecule has 0 radical (unpaired) electrons. The van der Waals surface area contributed by atoms with E-state index in [9.17, 15) is 0 Å². The quantitative estimate of drug-likeness (QED) is 0.447. The van der Waals surface area contributed by atoms with Crippen LogP contribution in [0.2, 0.25) is 0 Å². The van der Waals surface area contributed by atoms with Crippen molar-refractivity contribution in [3.63, 3.8) is 0 Å². The van der Waals surface area contributed by atoms with Crippen molar-refractivity contribution in [2.45, 2.75) is 12.8 Å². The molecule has 4 heterocycles. The summed E-state index contributed by atoms with van der Waals surface area (Å²) in [5.74, 6) is 1.31. The molecule has 5 rings (SSSR count). The van der Waals surface area contributed by atoms with Crippen LogP contribution in [0.1, 0.15) is 17.1 Å². The summed E-state index contributed by atoms with van der Waals surface area (Å²) in [5.41, 5.74) is 3.23. The van der Waals surface area contributed by atoms with Gasteiger partial charge in [0, 0.05) is 54.9 Å². The first-order valence-corrected chi connectivity index (χ1v) is 11.2. The third-order valence-electron chi connectivity index (χ3n) is 5.48. The summed E-state index contributed by atoms with van der Waals surface area (Å²) in [6, 6.07) is 14.5. The third-order valence-corrected chi connectivity index (χ3v) is 5.48. The Balaban J connectivity index is 1.31. The van der Waals surface area contributed by atoms with Gasteiger partial charge in [-0.15, -0.1) is 0 Å². The summed E-state index contributed by atoms with van der Waals surface area (Å²) in [6.45, 7) is 3.28. The van der Waals surface area contributed by atoms with Crippen LogP contribution in [-0.4, -0.2) is 57.8 Å². The highest BCUT2D eigenvalue weighted by atomic mass is 16.5. The minimum absolute atomic E-state index is 0.345. The molecule has 168 valence electrons. The second-order valence-electron chi connectivity index (χ2n) is 7.75. The summed E-state index contributed by atoms with van der Waals surface area (Å²) in [5, 5.41) is 1.19. The molecule has 0 spiro atoms. The Morgan fingerprint density at radius 1 is 1.03 bits per heavy atom. The van der Waals surface area contributed by atoms with Crippen LogP contribution in [0.3, 0.4) is 0 Å². The highest BCUT2D eigenvalue weighted by Gasteiger charge is 2.17. The number of fused-ring (bicyclic) bond motifs is 1. The summed E-state index contributed by atoms with van der Waals surface area (Å²) >= 11 is 0. The number of hydrogen-bond donors (Lipinski definition) is 1. The van der Waals surface area contributed by atoms with E-state index in [2.05, 4.69) is 49.1 Å². The molecule has 1 aliphatic rings. The molecule has 1 fully saturated rings. The SMILES string of the molecule is C(=C\c1c[nH]c2ccccc12)/Cc1nc(OCCc2ccccn2)nc(N2CCOCC2)n1. The van der Waals surface area contributed by atoms with Gasteiger partial charge in [-0.2, -0.15) is 15.0 Å². The Bertz CT molecular complexity index is 1220. The molecular weight excluding hydrogens is 416 g/mol. The second kappa shape index (κ2) is 10.2. The van der Waals surface area contributed by atoms with E-state index >= 15 is 0 Å². The molecule has 0 bridgehead atoms. The number of aromatic amines is 1. The fourth-order valence-electron chi connectivity index (χ4n) is 3.76. The molecular formula is C25H26N6O2. The average Bonchev–Trinajstić information content (AvgIpc) is 3.28. The fraction of sp³-hybridized carbons (Fsp3) is 0.280. The first kappa shape index (κ1) is 21.1. The lowest BCUT2D eigenvalue weighted by Gasteiger charge is -2.26. The van der Waals surface area contributed by atoms with Crippen molar-refractivity contribution in [2.24, 2.45) is 0 Å². The van der Waals surface area contributed by atoms with E-state index in [4.69, 9.17) is 14.5 Å². The monoisotopic (exact) mass is 442 g/mol. The molecule has 1 aromatic carbocycles. The van der Waals surface area contributed by atoms with Crippen molar-refractivity contribution in [2.75, 3.05) is 37.8 Å².